The molecular weight excluding hydrogens is 240 g/mol. The summed E-state index contributed by atoms with van der Waals surface area (Å²) >= 11 is 0. The van der Waals surface area contributed by atoms with Gasteiger partial charge in [0.15, 0.2) is 0 Å². The van der Waals surface area contributed by atoms with E-state index in [9.17, 15) is 4.79 Å². The van der Waals surface area contributed by atoms with Gasteiger partial charge in [-0.3, -0.25) is 4.79 Å². The van der Waals surface area contributed by atoms with Gasteiger partial charge in [-0.15, -0.1) is 0 Å². The van der Waals surface area contributed by atoms with Crippen LogP contribution in [0, 0.1) is 17.3 Å². The summed E-state index contributed by atoms with van der Waals surface area (Å²) in [5.74, 6) is 1.04. The number of carbonyl (C=O) groups excluding carboxylic acids is 1. The van der Waals surface area contributed by atoms with E-state index in [1.807, 2.05) is 13.8 Å². The zero-order valence-electron chi connectivity index (χ0n) is 12.9. The second-order valence-electron chi connectivity index (χ2n) is 6.03. The fourth-order valence-corrected chi connectivity index (χ4v) is 2.97. The fourth-order valence-electron chi connectivity index (χ4n) is 2.97. The molecule has 2 atom stereocenters. The maximum Gasteiger partial charge on any atom is 0.227 e. The Balaban J connectivity index is 2.54. The summed E-state index contributed by atoms with van der Waals surface area (Å²) in [4.78, 5) is 12.4. The lowest BCUT2D eigenvalue weighted by Gasteiger charge is -2.30. The van der Waals surface area contributed by atoms with Gasteiger partial charge >= 0.3 is 0 Å². The molecule has 1 rings (SSSR count). The minimum atomic E-state index is -0.396. The van der Waals surface area contributed by atoms with Crippen LogP contribution in [0.1, 0.15) is 47.0 Å². The first kappa shape index (κ1) is 16.4. The van der Waals surface area contributed by atoms with E-state index in [-0.39, 0.29) is 12.0 Å². The average molecular weight is 270 g/mol. The molecule has 0 aromatic rings. The van der Waals surface area contributed by atoms with Crippen LogP contribution >= 0.6 is 0 Å². The van der Waals surface area contributed by atoms with E-state index in [2.05, 4.69) is 19.2 Å². The second kappa shape index (κ2) is 7.25. The van der Waals surface area contributed by atoms with Crippen LogP contribution < -0.4 is 11.1 Å². The monoisotopic (exact) mass is 270 g/mol. The molecule has 0 aliphatic carbocycles. The predicted molar refractivity (Wildman–Crippen MR) is 77.8 cm³/mol. The van der Waals surface area contributed by atoms with Gasteiger partial charge in [-0.05, 0) is 25.2 Å². The van der Waals surface area contributed by atoms with E-state index in [1.165, 1.54) is 0 Å². The van der Waals surface area contributed by atoms with Gasteiger partial charge in [-0.2, -0.15) is 0 Å². The van der Waals surface area contributed by atoms with Gasteiger partial charge in [0.1, 0.15) is 0 Å². The topological polar surface area (TPSA) is 64.4 Å². The standard InChI is InChI=1S/C15H30N2O2/c1-5-15(6-2,10-16)14(18)17-9-12-7-8-19-13(12)11(3)4/h11-13H,5-10,16H2,1-4H3,(H,17,18). The lowest BCUT2D eigenvalue weighted by atomic mass is 9.81. The van der Waals surface area contributed by atoms with Crippen molar-refractivity contribution in [2.24, 2.45) is 23.0 Å². The highest BCUT2D eigenvalue weighted by Crippen LogP contribution is 2.28. The Bertz CT molecular complexity index is 280. The zero-order chi connectivity index (χ0) is 14.5. The third-order valence-corrected chi connectivity index (χ3v) is 4.67. The summed E-state index contributed by atoms with van der Waals surface area (Å²) in [7, 11) is 0. The molecule has 0 saturated carbocycles. The Morgan fingerprint density at radius 3 is 2.53 bits per heavy atom. The maximum atomic E-state index is 12.4. The van der Waals surface area contributed by atoms with Crippen molar-refractivity contribution in [2.75, 3.05) is 19.7 Å². The van der Waals surface area contributed by atoms with Crippen LogP contribution in [-0.4, -0.2) is 31.7 Å². The minimum Gasteiger partial charge on any atom is -0.378 e. The molecule has 0 bridgehead atoms. The Morgan fingerprint density at radius 1 is 1.42 bits per heavy atom. The van der Waals surface area contributed by atoms with E-state index < -0.39 is 5.41 Å². The molecule has 1 amide bonds. The molecule has 1 aliphatic heterocycles. The summed E-state index contributed by atoms with van der Waals surface area (Å²) in [5, 5.41) is 3.10. The molecule has 112 valence electrons. The van der Waals surface area contributed by atoms with Crippen molar-refractivity contribution in [1.29, 1.82) is 0 Å². The molecule has 1 fully saturated rings. The fraction of sp³-hybridized carbons (Fsp3) is 0.933. The largest absolute Gasteiger partial charge is 0.378 e. The van der Waals surface area contributed by atoms with Gasteiger partial charge in [0.05, 0.1) is 11.5 Å². The highest BCUT2D eigenvalue weighted by atomic mass is 16.5. The van der Waals surface area contributed by atoms with Crippen molar-refractivity contribution in [1.82, 2.24) is 5.32 Å². The molecule has 1 heterocycles. The molecule has 0 radical (unpaired) electrons. The van der Waals surface area contributed by atoms with Crippen LogP contribution in [0.4, 0.5) is 0 Å². The van der Waals surface area contributed by atoms with Crippen molar-refractivity contribution in [3.05, 3.63) is 0 Å². The van der Waals surface area contributed by atoms with E-state index in [1.54, 1.807) is 0 Å². The number of rotatable bonds is 7. The lowest BCUT2D eigenvalue weighted by molar-refractivity contribution is -0.131. The smallest absolute Gasteiger partial charge is 0.227 e. The molecular formula is C15H30N2O2. The summed E-state index contributed by atoms with van der Waals surface area (Å²) < 4.78 is 5.75. The molecule has 4 nitrogen and oxygen atoms in total. The number of amides is 1. The summed E-state index contributed by atoms with van der Waals surface area (Å²) in [6.07, 6.45) is 2.90. The number of nitrogens with one attached hydrogen (secondary N) is 1. The van der Waals surface area contributed by atoms with Crippen LogP contribution in [0.5, 0.6) is 0 Å². The SMILES string of the molecule is CCC(CC)(CN)C(=O)NCC1CCOC1C(C)C. The maximum absolute atomic E-state index is 12.4. The van der Waals surface area contributed by atoms with E-state index in [0.29, 0.717) is 24.9 Å². The number of carbonyl (C=O) groups is 1. The number of ether oxygens (including phenoxy) is 1. The highest BCUT2D eigenvalue weighted by molar-refractivity contribution is 5.82. The summed E-state index contributed by atoms with van der Waals surface area (Å²) in [6.45, 7) is 10.4. The average Bonchev–Trinajstić information content (AvgIpc) is 2.87. The quantitative estimate of drug-likeness (QED) is 0.743. The Morgan fingerprint density at radius 2 is 2.05 bits per heavy atom. The first-order chi connectivity index (χ1) is 9.00. The van der Waals surface area contributed by atoms with Crippen LogP contribution in [-0.2, 0) is 9.53 Å². The Kier molecular flexibility index (Phi) is 6.27. The van der Waals surface area contributed by atoms with Gasteiger partial charge in [0.25, 0.3) is 0 Å². The number of hydrogen-bond donors (Lipinski definition) is 2. The molecule has 0 spiro atoms. The number of nitrogens with two attached hydrogens (primary N) is 1. The predicted octanol–water partition coefficient (Wildman–Crippen LogP) is 1.93. The van der Waals surface area contributed by atoms with Gasteiger partial charge < -0.3 is 15.8 Å². The van der Waals surface area contributed by atoms with Crippen molar-refractivity contribution >= 4 is 5.91 Å². The summed E-state index contributed by atoms with van der Waals surface area (Å²) in [6, 6.07) is 0. The zero-order valence-corrected chi connectivity index (χ0v) is 12.9. The van der Waals surface area contributed by atoms with E-state index >= 15 is 0 Å². The van der Waals surface area contributed by atoms with Crippen LogP contribution in [0.15, 0.2) is 0 Å². The molecule has 2 unspecified atom stereocenters. The van der Waals surface area contributed by atoms with Gasteiger partial charge in [0.2, 0.25) is 5.91 Å². The minimum absolute atomic E-state index is 0.106. The summed E-state index contributed by atoms with van der Waals surface area (Å²) in [5.41, 5.74) is 5.41. The van der Waals surface area contributed by atoms with E-state index in [0.717, 1.165) is 25.9 Å². The van der Waals surface area contributed by atoms with Crippen molar-refractivity contribution in [2.45, 2.75) is 53.1 Å². The van der Waals surface area contributed by atoms with Crippen LogP contribution in [0.3, 0.4) is 0 Å². The van der Waals surface area contributed by atoms with Crippen LogP contribution in [0.25, 0.3) is 0 Å². The first-order valence-electron chi connectivity index (χ1n) is 7.60. The van der Waals surface area contributed by atoms with Crippen molar-refractivity contribution in [3.8, 4) is 0 Å². The third-order valence-electron chi connectivity index (χ3n) is 4.67. The van der Waals surface area contributed by atoms with Crippen LogP contribution in [0.2, 0.25) is 0 Å². The molecule has 0 aromatic heterocycles. The van der Waals surface area contributed by atoms with Gasteiger partial charge in [-0.25, -0.2) is 0 Å². The van der Waals surface area contributed by atoms with E-state index in [4.69, 9.17) is 10.5 Å². The third kappa shape index (κ3) is 3.69. The molecule has 1 saturated heterocycles. The Hall–Kier alpha value is -0.610. The molecule has 1 aliphatic rings. The second-order valence-corrected chi connectivity index (χ2v) is 6.03. The normalized spacial score (nSPS) is 23.9. The van der Waals surface area contributed by atoms with Crippen molar-refractivity contribution < 1.29 is 9.53 Å². The Labute approximate surface area is 117 Å². The van der Waals surface area contributed by atoms with Gasteiger partial charge in [-0.1, -0.05) is 27.7 Å². The molecule has 19 heavy (non-hydrogen) atoms. The highest BCUT2D eigenvalue weighted by Gasteiger charge is 2.35. The lowest BCUT2D eigenvalue weighted by Crippen LogP contribution is -2.47. The molecule has 3 N–H and O–H groups in total. The van der Waals surface area contributed by atoms with Crippen molar-refractivity contribution in [3.63, 3.8) is 0 Å². The number of hydrogen-bond acceptors (Lipinski definition) is 3. The molecule has 0 aromatic carbocycles. The molecule has 4 heteroatoms. The van der Waals surface area contributed by atoms with Gasteiger partial charge in [0, 0.05) is 25.6 Å². The first-order valence-corrected chi connectivity index (χ1v) is 7.60.